The van der Waals surface area contributed by atoms with Gasteiger partial charge in [-0.1, -0.05) is 0 Å². The first-order valence-corrected chi connectivity index (χ1v) is 9.00. The maximum Gasteiger partial charge on any atom is 0.259 e. The van der Waals surface area contributed by atoms with Crippen LogP contribution in [0.4, 0.5) is 8.78 Å². The fourth-order valence-corrected chi connectivity index (χ4v) is 4.11. The molecule has 0 aliphatic carbocycles. The monoisotopic (exact) mass is 364 g/mol. The number of nitrogens with zero attached hydrogens (tertiary/aromatic N) is 2. The topological polar surface area (TPSA) is 42.4 Å². The molecule has 2 aromatic rings. The average molecular weight is 364 g/mol. The van der Waals surface area contributed by atoms with E-state index in [1.54, 1.807) is 23.2 Å². The molecule has 1 saturated heterocycles. The van der Waals surface area contributed by atoms with Gasteiger partial charge in [0.15, 0.2) is 0 Å². The van der Waals surface area contributed by atoms with Gasteiger partial charge >= 0.3 is 0 Å². The molecule has 25 heavy (non-hydrogen) atoms. The number of amides is 1. The fourth-order valence-electron chi connectivity index (χ4n) is 2.87. The zero-order valence-electron chi connectivity index (χ0n) is 13.7. The Kier molecular flexibility index (Phi) is 5.53. The summed E-state index contributed by atoms with van der Waals surface area (Å²) in [4.78, 5) is 18.5. The maximum absolute atomic E-state index is 14.0. The summed E-state index contributed by atoms with van der Waals surface area (Å²) in [5, 5.41) is -0.177. The predicted molar refractivity (Wildman–Crippen MR) is 92.9 cm³/mol. The summed E-state index contributed by atoms with van der Waals surface area (Å²) >= 11 is 1.54. The first-order chi connectivity index (χ1) is 12.1. The van der Waals surface area contributed by atoms with E-state index in [4.69, 9.17) is 4.74 Å². The Hall–Kier alpha value is -2.15. The molecule has 1 amide bonds. The second-order valence-corrected chi connectivity index (χ2v) is 6.98. The molecule has 1 fully saturated rings. The molecule has 132 valence electrons. The summed E-state index contributed by atoms with van der Waals surface area (Å²) in [6.07, 6.45) is 2.12. The Morgan fingerprint density at radius 2 is 2.16 bits per heavy atom. The van der Waals surface area contributed by atoms with Crippen molar-refractivity contribution in [3.8, 4) is 5.88 Å². The molecule has 2 heterocycles. The minimum Gasteiger partial charge on any atom is -0.480 e. The number of aromatic nitrogens is 1. The Morgan fingerprint density at radius 3 is 2.96 bits per heavy atom. The first kappa shape index (κ1) is 17.7. The summed E-state index contributed by atoms with van der Waals surface area (Å²) in [6.45, 7) is 0.999. The van der Waals surface area contributed by atoms with Crippen LogP contribution in [0, 0.1) is 11.6 Å². The largest absolute Gasteiger partial charge is 0.480 e. The van der Waals surface area contributed by atoms with Crippen molar-refractivity contribution in [2.24, 2.45) is 0 Å². The molecular formula is C18H18F2N2O2S. The van der Waals surface area contributed by atoms with E-state index in [2.05, 4.69) is 4.98 Å². The van der Waals surface area contributed by atoms with Crippen molar-refractivity contribution in [3.05, 3.63) is 59.3 Å². The number of hydrogen-bond donors (Lipinski definition) is 0. The zero-order valence-corrected chi connectivity index (χ0v) is 14.6. The fraction of sp³-hybridized carbons (Fsp3) is 0.333. The second kappa shape index (κ2) is 7.82. The summed E-state index contributed by atoms with van der Waals surface area (Å²) in [5.74, 6) is -0.0838. The summed E-state index contributed by atoms with van der Waals surface area (Å²) in [6, 6.07) is 6.88. The minimum absolute atomic E-state index is 0.161. The van der Waals surface area contributed by atoms with E-state index in [0.29, 0.717) is 36.4 Å². The zero-order chi connectivity index (χ0) is 17.8. The standard InChI is InChI=1S/C18H18F2N2O2S/c1-24-17-13(3-2-7-21-17)18(23)22-8-6-16(25-10-9-22)14-11-12(19)4-5-15(14)20/h2-5,7,11,16H,6,8-10H2,1H3. The van der Waals surface area contributed by atoms with Gasteiger partial charge in [-0.3, -0.25) is 4.79 Å². The lowest BCUT2D eigenvalue weighted by atomic mass is 10.1. The minimum atomic E-state index is -0.450. The predicted octanol–water partition coefficient (Wildman–Crippen LogP) is 3.69. The molecule has 7 heteroatoms. The molecule has 1 aliphatic heterocycles. The number of hydrogen-bond acceptors (Lipinski definition) is 4. The highest BCUT2D eigenvalue weighted by Crippen LogP contribution is 2.36. The Bertz CT molecular complexity index is 772. The number of pyridine rings is 1. The van der Waals surface area contributed by atoms with E-state index in [1.807, 2.05) is 0 Å². The number of ether oxygens (including phenoxy) is 1. The lowest BCUT2D eigenvalue weighted by Crippen LogP contribution is -2.33. The third kappa shape index (κ3) is 3.92. The van der Waals surface area contributed by atoms with Gasteiger partial charge < -0.3 is 9.64 Å². The van der Waals surface area contributed by atoms with Crippen LogP contribution in [0.5, 0.6) is 5.88 Å². The smallest absolute Gasteiger partial charge is 0.259 e. The van der Waals surface area contributed by atoms with E-state index in [-0.39, 0.29) is 17.0 Å². The maximum atomic E-state index is 14.0. The van der Waals surface area contributed by atoms with Crippen LogP contribution in [0.15, 0.2) is 36.5 Å². The van der Waals surface area contributed by atoms with Gasteiger partial charge in [0.05, 0.1) is 7.11 Å². The highest BCUT2D eigenvalue weighted by molar-refractivity contribution is 7.99. The van der Waals surface area contributed by atoms with Crippen LogP contribution in [0.3, 0.4) is 0 Å². The van der Waals surface area contributed by atoms with Crippen LogP contribution in [0.2, 0.25) is 0 Å². The summed E-state index contributed by atoms with van der Waals surface area (Å²) in [7, 11) is 1.47. The van der Waals surface area contributed by atoms with Gasteiger partial charge in [0, 0.05) is 35.9 Å². The quantitative estimate of drug-likeness (QED) is 0.833. The first-order valence-electron chi connectivity index (χ1n) is 7.95. The van der Waals surface area contributed by atoms with E-state index >= 15 is 0 Å². The molecule has 3 rings (SSSR count). The van der Waals surface area contributed by atoms with Crippen LogP contribution in [0.1, 0.15) is 27.6 Å². The Labute approximate surface area is 149 Å². The van der Waals surface area contributed by atoms with Crippen molar-refractivity contribution in [2.75, 3.05) is 26.0 Å². The van der Waals surface area contributed by atoms with Crippen LogP contribution in [0.25, 0.3) is 0 Å². The lowest BCUT2D eigenvalue weighted by molar-refractivity contribution is 0.0762. The normalized spacial score (nSPS) is 17.9. The van der Waals surface area contributed by atoms with Gasteiger partial charge in [0.25, 0.3) is 5.91 Å². The number of carbonyl (C=O) groups is 1. The number of benzene rings is 1. The van der Waals surface area contributed by atoms with Crippen molar-refractivity contribution in [1.29, 1.82) is 0 Å². The molecular weight excluding hydrogens is 346 g/mol. The molecule has 1 aliphatic rings. The summed E-state index contributed by atoms with van der Waals surface area (Å²) in [5.41, 5.74) is 0.767. The molecule has 1 unspecified atom stereocenters. The van der Waals surface area contributed by atoms with Crippen molar-refractivity contribution >= 4 is 17.7 Å². The SMILES string of the molecule is COc1ncccc1C(=O)N1CCSC(c2cc(F)ccc2F)CC1. The molecule has 1 aromatic carbocycles. The molecule has 0 N–H and O–H groups in total. The van der Waals surface area contributed by atoms with Gasteiger partial charge in [-0.25, -0.2) is 13.8 Å². The number of halogens is 2. The van der Waals surface area contributed by atoms with E-state index in [9.17, 15) is 13.6 Å². The highest BCUT2D eigenvalue weighted by Gasteiger charge is 2.26. The molecule has 0 bridgehead atoms. The molecule has 0 spiro atoms. The molecule has 4 nitrogen and oxygen atoms in total. The van der Waals surface area contributed by atoms with Crippen molar-refractivity contribution in [1.82, 2.24) is 9.88 Å². The van der Waals surface area contributed by atoms with Crippen LogP contribution >= 0.6 is 11.8 Å². The van der Waals surface area contributed by atoms with Gasteiger partial charge in [-0.05, 0) is 36.8 Å². The molecule has 0 radical (unpaired) electrons. The second-order valence-electron chi connectivity index (χ2n) is 5.67. The molecule has 1 atom stereocenters. The number of methoxy groups -OCH3 is 1. The van der Waals surface area contributed by atoms with Gasteiger partial charge in [0.2, 0.25) is 5.88 Å². The van der Waals surface area contributed by atoms with E-state index in [1.165, 1.54) is 24.9 Å². The Balaban J connectivity index is 1.75. The van der Waals surface area contributed by atoms with Gasteiger partial charge in [-0.15, -0.1) is 0 Å². The molecule has 0 saturated carbocycles. The van der Waals surface area contributed by atoms with Crippen LogP contribution in [-0.4, -0.2) is 41.7 Å². The lowest BCUT2D eigenvalue weighted by Gasteiger charge is -2.21. The average Bonchev–Trinajstić information content (AvgIpc) is 2.89. The van der Waals surface area contributed by atoms with E-state index < -0.39 is 11.6 Å². The van der Waals surface area contributed by atoms with Crippen molar-refractivity contribution < 1.29 is 18.3 Å². The molecule has 1 aromatic heterocycles. The third-order valence-electron chi connectivity index (χ3n) is 4.13. The third-order valence-corrected chi connectivity index (χ3v) is 5.44. The van der Waals surface area contributed by atoms with E-state index in [0.717, 1.165) is 12.1 Å². The van der Waals surface area contributed by atoms with Crippen LogP contribution < -0.4 is 4.74 Å². The van der Waals surface area contributed by atoms with Crippen molar-refractivity contribution in [3.63, 3.8) is 0 Å². The summed E-state index contributed by atoms with van der Waals surface area (Å²) < 4.78 is 32.6. The number of rotatable bonds is 3. The Morgan fingerprint density at radius 1 is 1.32 bits per heavy atom. The highest BCUT2D eigenvalue weighted by atomic mass is 32.2. The van der Waals surface area contributed by atoms with Gasteiger partial charge in [-0.2, -0.15) is 11.8 Å². The van der Waals surface area contributed by atoms with Gasteiger partial charge in [0.1, 0.15) is 17.2 Å². The number of thioether (sulfide) groups is 1. The number of carbonyl (C=O) groups excluding carboxylic acids is 1. The van der Waals surface area contributed by atoms with Crippen LogP contribution in [-0.2, 0) is 0 Å². The van der Waals surface area contributed by atoms with Crippen molar-refractivity contribution in [2.45, 2.75) is 11.7 Å².